The normalized spacial score (nSPS) is 15.3. The van der Waals surface area contributed by atoms with E-state index >= 15 is 0 Å². The monoisotopic (exact) mass is 376 g/mol. The van der Waals surface area contributed by atoms with Gasteiger partial charge in [-0.3, -0.25) is 9.59 Å². The van der Waals surface area contributed by atoms with Gasteiger partial charge in [0.25, 0.3) is 0 Å². The van der Waals surface area contributed by atoms with E-state index in [-0.39, 0.29) is 32.0 Å². The first-order valence-corrected chi connectivity index (χ1v) is 9.45. The molecule has 0 bridgehead atoms. The summed E-state index contributed by atoms with van der Waals surface area (Å²) < 4.78 is 5.25. The van der Waals surface area contributed by atoms with Gasteiger partial charge in [-0.1, -0.05) is 43.2 Å². The van der Waals surface area contributed by atoms with Crippen LogP contribution in [0, 0.1) is 5.92 Å². The van der Waals surface area contributed by atoms with Crippen molar-refractivity contribution in [2.45, 2.75) is 57.6 Å². The third-order valence-electron chi connectivity index (χ3n) is 4.97. The van der Waals surface area contributed by atoms with Crippen LogP contribution < -0.4 is 5.73 Å². The van der Waals surface area contributed by atoms with E-state index in [0.29, 0.717) is 12.3 Å². The number of hydrogen-bond donors (Lipinski definition) is 2. The molecule has 2 amide bonds. The number of nitrogens with two attached hydrogens (primary N) is 1. The molecule has 27 heavy (non-hydrogen) atoms. The maximum atomic E-state index is 12.4. The molecular formula is C20H28N2O5. The molecule has 7 nitrogen and oxygen atoms in total. The van der Waals surface area contributed by atoms with Crippen molar-refractivity contribution in [3.8, 4) is 0 Å². The van der Waals surface area contributed by atoms with E-state index in [1.807, 2.05) is 30.3 Å². The van der Waals surface area contributed by atoms with E-state index in [9.17, 15) is 14.4 Å². The number of benzene rings is 1. The van der Waals surface area contributed by atoms with Gasteiger partial charge in [-0.05, 0) is 30.7 Å². The number of rotatable bonds is 9. The van der Waals surface area contributed by atoms with Crippen LogP contribution in [-0.2, 0) is 20.9 Å². The largest absolute Gasteiger partial charge is 0.481 e. The molecule has 0 radical (unpaired) electrons. The highest BCUT2D eigenvalue weighted by molar-refractivity contribution is 5.93. The van der Waals surface area contributed by atoms with Crippen LogP contribution in [0.4, 0.5) is 4.79 Å². The van der Waals surface area contributed by atoms with Crippen molar-refractivity contribution in [3.63, 3.8) is 0 Å². The van der Waals surface area contributed by atoms with Gasteiger partial charge in [0.2, 0.25) is 5.91 Å². The lowest BCUT2D eigenvalue weighted by atomic mass is 9.96. The van der Waals surface area contributed by atoms with Gasteiger partial charge in [-0.2, -0.15) is 0 Å². The molecule has 2 rings (SSSR count). The molecule has 1 aromatic carbocycles. The molecule has 0 aliphatic heterocycles. The molecule has 0 heterocycles. The average molecular weight is 376 g/mol. The third-order valence-corrected chi connectivity index (χ3v) is 4.97. The van der Waals surface area contributed by atoms with Crippen LogP contribution in [0.1, 0.15) is 50.5 Å². The topological polar surface area (TPSA) is 110 Å². The van der Waals surface area contributed by atoms with E-state index in [1.165, 1.54) is 12.8 Å². The number of carboxylic acids is 1. The minimum Gasteiger partial charge on any atom is -0.481 e. The standard InChI is InChI=1S/C20H28N2O5/c21-17(16-8-4-5-9-16)12-13-22(18(23)10-11-19(24)25)20(26)27-14-15-6-2-1-3-7-15/h1-3,6-7,16-17H,4-5,8-14,21H2,(H,24,25)/t17-/m0/s1. The fraction of sp³-hybridized carbons (Fsp3) is 0.550. The zero-order valence-electron chi connectivity index (χ0n) is 15.5. The summed E-state index contributed by atoms with van der Waals surface area (Å²) in [5.41, 5.74) is 7.04. The summed E-state index contributed by atoms with van der Waals surface area (Å²) in [6.07, 6.45) is 3.65. The number of ether oxygens (including phenoxy) is 1. The van der Waals surface area contributed by atoms with Crippen LogP contribution in [-0.4, -0.2) is 40.6 Å². The molecule has 1 aromatic rings. The van der Waals surface area contributed by atoms with Crippen LogP contribution in [0.5, 0.6) is 0 Å². The van der Waals surface area contributed by atoms with E-state index in [2.05, 4.69) is 0 Å². The number of aliphatic carboxylic acids is 1. The van der Waals surface area contributed by atoms with Gasteiger partial charge in [-0.25, -0.2) is 9.69 Å². The Bertz CT molecular complexity index is 629. The number of imide groups is 1. The highest BCUT2D eigenvalue weighted by atomic mass is 16.6. The summed E-state index contributed by atoms with van der Waals surface area (Å²) >= 11 is 0. The summed E-state index contributed by atoms with van der Waals surface area (Å²) in [6, 6.07) is 9.08. The second-order valence-electron chi connectivity index (χ2n) is 6.98. The Morgan fingerprint density at radius 1 is 1.15 bits per heavy atom. The Hall–Kier alpha value is -2.41. The zero-order chi connectivity index (χ0) is 19.6. The molecule has 1 aliphatic carbocycles. The quantitative estimate of drug-likeness (QED) is 0.686. The molecular weight excluding hydrogens is 348 g/mol. The van der Waals surface area contributed by atoms with Crippen LogP contribution in [0.2, 0.25) is 0 Å². The Kier molecular flexibility index (Phi) is 8.26. The predicted molar refractivity (Wildman–Crippen MR) is 99.8 cm³/mol. The maximum Gasteiger partial charge on any atom is 0.416 e. The van der Waals surface area contributed by atoms with Crippen molar-refractivity contribution in [2.24, 2.45) is 11.7 Å². The number of carboxylic acid groups (broad SMARTS) is 1. The molecule has 0 spiro atoms. The van der Waals surface area contributed by atoms with Gasteiger partial charge in [0.05, 0.1) is 6.42 Å². The first-order chi connectivity index (χ1) is 13.0. The fourth-order valence-electron chi connectivity index (χ4n) is 3.36. The van der Waals surface area contributed by atoms with Crippen LogP contribution in [0.25, 0.3) is 0 Å². The first-order valence-electron chi connectivity index (χ1n) is 9.45. The van der Waals surface area contributed by atoms with Crippen LogP contribution in [0.15, 0.2) is 30.3 Å². The lowest BCUT2D eigenvalue weighted by molar-refractivity contribution is -0.140. The van der Waals surface area contributed by atoms with Crippen molar-refractivity contribution in [3.05, 3.63) is 35.9 Å². The van der Waals surface area contributed by atoms with E-state index in [0.717, 1.165) is 23.3 Å². The van der Waals surface area contributed by atoms with Crippen molar-refractivity contribution in [1.82, 2.24) is 4.90 Å². The summed E-state index contributed by atoms with van der Waals surface area (Å²) in [5, 5.41) is 8.79. The Labute approximate surface area is 159 Å². The van der Waals surface area contributed by atoms with E-state index in [4.69, 9.17) is 15.6 Å². The van der Waals surface area contributed by atoms with Crippen LogP contribution in [0.3, 0.4) is 0 Å². The fourth-order valence-corrected chi connectivity index (χ4v) is 3.36. The highest BCUT2D eigenvalue weighted by Crippen LogP contribution is 2.28. The first kappa shape index (κ1) is 20.9. The smallest absolute Gasteiger partial charge is 0.416 e. The van der Waals surface area contributed by atoms with Crippen molar-refractivity contribution < 1.29 is 24.2 Å². The van der Waals surface area contributed by atoms with Crippen LogP contribution >= 0.6 is 0 Å². The summed E-state index contributed by atoms with van der Waals surface area (Å²) in [4.78, 5) is 36.5. The number of carbonyl (C=O) groups is 3. The van der Waals surface area contributed by atoms with Crippen molar-refractivity contribution >= 4 is 18.0 Å². The van der Waals surface area contributed by atoms with E-state index in [1.54, 1.807) is 0 Å². The van der Waals surface area contributed by atoms with Gasteiger partial charge < -0.3 is 15.6 Å². The van der Waals surface area contributed by atoms with Crippen molar-refractivity contribution in [2.75, 3.05) is 6.54 Å². The molecule has 148 valence electrons. The lowest BCUT2D eigenvalue weighted by Crippen LogP contribution is -2.41. The Morgan fingerprint density at radius 3 is 2.44 bits per heavy atom. The summed E-state index contributed by atoms with van der Waals surface area (Å²) in [5.74, 6) is -1.21. The minimum atomic E-state index is -1.08. The maximum absolute atomic E-state index is 12.4. The van der Waals surface area contributed by atoms with Gasteiger partial charge in [0, 0.05) is 19.0 Å². The Balaban J connectivity index is 1.93. The van der Waals surface area contributed by atoms with Gasteiger partial charge in [0.1, 0.15) is 6.61 Å². The molecule has 3 N–H and O–H groups in total. The predicted octanol–water partition coefficient (Wildman–Crippen LogP) is 2.92. The number of hydrogen-bond acceptors (Lipinski definition) is 5. The summed E-state index contributed by atoms with van der Waals surface area (Å²) in [7, 11) is 0. The Morgan fingerprint density at radius 2 is 1.81 bits per heavy atom. The highest BCUT2D eigenvalue weighted by Gasteiger charge is 2.27. The minimum absolute atomic E-state index is 0.0526. The summed E-state index contributed by atoms with van der Waals surface area (Å²) in [6.45, 7) is 0.195. The van der Waals surface area contributed by atoms with Gasteiger partial charge in [-0.15, -0.1) is 0 Å². The SMILES string of the molecule is N[C@@H](CCN(C(=O)CCC(=O)O)C(=O)OCc1ccccc1)C1CCCC1. The molecule has 7 heteroatoms. The van der Waals surface area contributed by atoms with Gasteiger partial charge >= 0.3 is 12.1 Å². The van der Waals surface area contributed by atoms with Gasteiger partial charge in [0.15, 0.2) is 0 Å². The van der Waals surface area contributed by atoms with Crippen molar-refractivity contribution in [1.29, 1.82) is 0 Å². The molecule has 0 saturated heterocycles. The molecule has 1 atom stereocenters. The molecule has 0 unspecified atom stereocenters. The molecule has 0 aromatic heterocycles. The zero-order valence-corrected chi connectivity index (χ0v) is 15.5. The lowest BCUT2D eigenvalue weighted by Gasteiger charge is -2.24. The number of carbonyl (C=O) groups excluding carboxylic acids is 2. The van der Waals surface area contributed by atoms with E-state index < -0.39 is 18.0 Å². The molecule has 1 saturated carbocycles. The average Bonchev–Trinajstić information content (AvgIpc) is 3.20. The third kappa shape index (κ3) is 7.02. The second-order valence-corrected chi connectivity index (χ2v) is 6.98. The number of amides is 2. The number of nitrogens with zero attached hydrogens (tertiary/aromatic N) is 1. The second kappa shape index (κ2) is 10.7. The molecule has 1 fully saturated rings. The molecule has 1 aliphatic rings.